The molecule has 0 unspecified atom stereocenters. The van der Waals surface area contributed by atoms with Gasteiger partial charge in [0.1, 0.15) is 5.82 Å². The van der Waals surface area contributed by atoms with E-state index in [4.69, 9.17) is 11.6 Å². The third-order valence-electron chi connectivity index (χ3n) is 2.71. The van der Waals surface area contributed by atoms with Gasteiger partial charge >= 0.3 is 0 Å². The molecule has 130 valence electrons. The zero-order valence-corrected chi connectivity index (χ0v) is 15.3. The van der Waals surface area contributed by atoms with E-state index >= 15 is 0 Å². The Hall–Kier alpha value is -1.78. The average Bonchev–Trinajstić information content (AvgIpc) is 2.91. The highest BCUT2D eigenvalue weighted by Gasteiger charge is 2.25. The standard InChI is InChI=1S/C13H14ClFN4O3S2/c1-13(2,3)10(20)16-11-17-18-12(23-11)24(21,22)19-7-4-5-9(15)8(14)6-7/h4-6,19H,1-3H3,(H,16,17,20). The zero-order chi connectivity index (χ0) is 18.1. The predicted molar refractivity (Wildman–Crippen MR) is 90.2 cm³/mol. The average molecular weight is 393 g/mol. The summed E-state index contributed by atoms with van der Waals surface area (Å²) in [7, 11) is -4.03. The maximum absolute atomic E-state index is 13.1. The summed E-state index contributed by atoms with van der Waals surface area (Å²) in [5, 5.41) is 9.54. The molecule has 2 rings (SSSR count). The van der Waals surface area contributed by atoms with E-state index in [9.17, 15) is 17.6 Å². The lowest BCUT2D eigenvalue weighted by Gasteiger charge is -2.15. The predicted octanol–water partition coefficient (Wildman–Crippen LogP) is 3.12. The van der Waals surface area contributed by atoms with Gasteiger partial charge in [-0.2, -0.15) is 8.42 Å². The number of halogens is 2. The number of carbonyl (C=O) groups is 1. The lowest BCUT2D eigenvalue weighted by Crippen LogP contribution is -2.27. The van der Waals surface area contributed by atoms with Gasteiger partial charge in [0.05, 0.1) is 10.7 Å². The molecule has 7 nitrogen and oxygen atoms in total. The summed E-state index contributed by atoms with van der Waals surface area (Å²) in [5.41, 5.74) is -0.578. The van der Waals surface area contributed by atoms with Gasteiger partial charge in [0.15, 0.2) is 0 Å². The number of nitrogens with zero attached hydrogens (tertiary/aromatic N) is 2. The van der Waals surface area contributed by atoms with E-state index in [1.165, 1.54) is 6.07 Å². The van der Waals surface area contributed by atoms with Crippen molar-refractivity contribution in [2.24, 2.45) is 5.41 Å². The van der Waals surface area contributed by atoms with Gasteiger partial charge < -0.3 is 5.32 Å². The molecule has 0 saturated carbocycles. The van der Waals surface area contributed by atoms with Crippen molar-refractivity contribution < 1.29 is 17.6 Å². The molecule has 1 aromatic carbocycles. The summed E-state index contributed by atoms with van der Waals surface area (Å²) in [6.07, 6.45) is 0. The Balaban J connectivity index is 2.18. The molecule has 0 fully saturated rings. The first kappa shape index (κ1) is 18.6. The second-order valence-electron chi connectivity index (χ2n) is 5.81. The van der Waals surface area contributed by atoms with E-state index in [0.29, 0.717) is 11.3 Å². The summed E-state index contributed by atoms with van der Waals surface area (Å²) in [5.74, 6) is -0.983. The van der Waals surface area contributed by atoms with Crippen molar-refractivity contribution in [3.8, 4) is 0 Å². The number of hydrogen-bond donors (Lipinski definition) is 2. The van der Waals surface area contributed by atoms with E-state index in [2.05, 4.69) is 20.2 Å². The first-order chi connectivity index (χ1) is 11.0. The highest BCUT2D eigenvalue weighted by molar-refractivity contribution is 7.94. The summed E-state index contributed by atoms with van der Waals surface area (Å²) < 4.78 is 39.5. The van der Waals surface area contributed by atoms with Gasteiger partial charge in [-0.15, -0.1) is 10.2 Å². The third kappa shape index (κ3) is 4.40. The maximum Gasteiger partial charge on any atom is 0.291 e. The largest absolute Gasteiger partial charge is 0.300 e. The molecular weight excluding hydrogens is 379 g/mol. The van der Waals surface area contributed by atoms with Crippen molar-refractivity contribution >= 4 is 49.7 Å². The maximum atomic E-state index is 13.1. The zero-order valence-electron chi connectivity index (χ0n) is 12.9. The van der Waals surface area contributed by atoms with Gasteiger partial charge in [-0.3, -0.25) is 9.52 Å². The second-order valence-corrected chi connectivity index (χ2v) is 9.05. The Bertz CT molecular complexity index is 878. The van der Waals surface area contributed by atoms with Gasteiger partial charge in [0.25, 0.3) is 14.4 Å². The van der Waals surface area contributed by atoms with Crippen LogP contribution in [0.3, 0.4) is 0 Å². The highest BCUT2D eigenvalue weighted by atomic mass is 35.5. The first-order valence-electron chi connectivity index (χ1n) is 6.62. The van der Waals surface area contributed by atoms with Gasteiger partial charge in [-0.05, 0) is 18.2 Å². The molecule has 0 bridgehead atoms. The molecule has 1 amide bonds. The third-order valence-corrected chi connectivity index (χ3v) is 5.59. The molecule has 0 atom stereocenters. The Kier molecular flexibility index (Phi) is 5.11. The van der Waals surface area contributed by atoms with Crippen molar-refractivity contribution in [3.05, 3.63) is 29.0 Å². The van der Waals surface area contributed by atoms with Crippen molar-refractivity contribution in [3.63, 3.8) is 0 Å². The number of rotatable bonds is 4. The fourth-order valence-electron chi connectivity index (χ4n) is 1.41. The van der Waals surface area contributed by atoms with Crippen LogP contribution >= 0.6 is 22.9 Å². The molecule has 2 N–H and O–H groups in total. The molecule has 24 heavy (non-hydrogen) atoms. The van der Waals surface area contributed by atoms with Gasteiger partial charge in [-0.1, -0.05) is 43.7 Å². The number of aromatic nitrogens is 2. The van der Waals surface area contributed by atoms with Crippen LogP contribution in [-0.2, 0) is 14.8 Å². The number of benzene rings is 1. The van der Waals surface area contributed by atoms with Gasteiger partial charge in [0, 0.05) is 5.41 Å². The quantitative estimate of drug-likeness (QED) is 0.778. The SMILES string of the molecule is CC(C)(C)C(=O)Nc1nnc(S(=O)(=O)Nc2ccc(F)c(Cl)c2)s1. The van der Waals surface area contributed by atoms with Crippen LogP contribution in [0.25, 0.3) is 0 Å². The molecule has 0 spiro atoms. The molecule has 0 aliphatic carbocycles. The fraction of sp³-hybridized carbons (Fsp3) is 0.308. The Labute approximate surface area is 147 Å². The summed E-state index contributed by atoms with van der Waals surface area (Å²) in [6.45, 7) is 5.13. The normalized spacial score (nSPS) is 12.0. The Morgan fingerprint density at radius 3 is 2.54 bits per heavy atom. The lowest BCUT2D eigenvalue weighted by molar-refractivity contribution is -0.123. The van der Waals surface area contributed by atoms with E-state index in [1.807, 2.05) is 0 Å². The summed E-state index contributed by atoms with van der Waals surface area (Å²) in [6, 6.07) is 3.40. The van der Waals surface area contributed by atoms with Crippen molar-refractivity contribution in [2.45, 2.75) is 25.1 Å². The minimum absolute atomic E-state index is 0.0624. The number of hydrogen-bond acceptors (Lipinski definition) is 6. The number of sulfonamides is 1. The molecule has 11 heteroatoms. The minimum atomic E-state index is -4.03. The number of anilines is 2. The molecule has 0 saturated heterocycles. The van der Waals surface area contributed by atoms with E-state index in [-0.39, 0.29) is 26.1 Å². The van der Waals surface area contributed by atoms with Crippen LogP contribution in [0.15, 0.2) is 22.5 Å². The van der Waals surface area contributed by atoms with Crippen LogP contribution in [0.4, 0.5) is 15.2 Å². The first-order valence-corrected chi connectivity index (χ1v) is 9.29. The van der Waals surface area contributed by atoms with Gasteiger partial charge in [0.2, 0.25) is 11.0 Å². The van der Waals surface area contributed by atoms with Crippen LogP contribution in [0.5, 0.6) is 0 Å². The highest BCUT2D eigenvalue weighted by Crippen LogP contribution is 2.26. The monoisotopic (exact) mass is 392 g/mol. The second kappa shape index (κ2) is 6.61. The van der Waals surface area contributed by atoms with Crippen LogP contribution in [-0.4, -0.2) is 24.5 Å². The molecule has 1 heterocycles. The van der Waals surface area contributed by atoms with E-state index in [0.717, 1.165) is 12.1 Å². The minimum Gasteiger partial charge on any atom is -0.300 e. The fourth-order valence-corrected chi connectivity index (χ4v) is 3.54. The Morgan fingerprint density at radius 2 is 1.96 bits per heavy atom. The number of amides is 1. The van der Waals surface area contributed by atoms with Crippen molar-refractivity contribution in [1.29, 1.82) is 0 Å². The summed E-state index contributed by atoms with van der Waals surface area (Å²) in [4.78, 5) is 11.9. The number of carbonyl (C=O) groups excluding carboxylic acids is 1. The lowest BCUT2D eigenvalue weighted by atomic mass is 9.96. The Morgan fingerprint density at radius 1 is 1.29 bits per heavy atom. The molecule has 1 aromatic heterocycles. The van der Waals surface area contributed by atoms with Gasteiger partial charge in [-0.25, -0.2) is 4.39 Å². The van der Waals surface area contributed by atoms with Crippen LogP contribution in [0.2, 0.25) is 5.02 Å². The van der Waals surface area contributed by atoms with Crippen molar-refractivity contribution in [1.82, 2.24) is 10.2 Å². The van der Waals surface area contributed by atoms with Crippen LogP contribution < -0.4 is 10.0 Å². The molecule has 2 aromatic rings. The van der Waals surface area contributed by atoms with E-state index in [1.54, 1.807) is 20.8 Å². The molecule has 0 aliphatic heterocycles. The van der Waals surface area contributed by atoms with Crippen LogP contribution in [0, 0.1) is 11.2 Å². The van der Waals surface area contributed by atoms with Crippen LogP contribution in [0.1, 0.15) is 20.8 Å². The molecule has 0 radical (unpaired) electrons. The smallest absolute Gasteiger partial charge is 0.291 e. The topological polar surface area (TPSA) is 101 Å². The summed E-state index contributed by atoms with van der Waals surface area (Å²) >= 11 is 6.31. The molecular formula is C13H14ClFN4O3S2. The molecule has 0 aliphatic rings. The number of nitrogens with one attached hydrogen (secondary N) is 2. The van der Waals surface area contributed by atoms with Crippen molar-refractivity contribution in [2.75, 3.05) is 10.0 Å². The van der Waals surface area contributed by atoms with E-state index < -0.39 is 21.3 Å².